The van der Waals surface area contributed by atoms with Crippen molar-refractivity contribution in [2.75, 3.05) is 5.32 Å². The molecule has 2 heterocycles. The van der Waals surface area contributed by atoms with Crippen molar-refractivity contribution in [3.05, 3.63) is 68.8 Å². The van der Waals surface area contributed by atoms with Gasteiger partial charge in [-0.2, -0.15) is 10.2 Å². The van der Waals surface area contributed by atoms with Crippen molar-refractivity contribution in [3.63, 3.8) is 0 Å². The summed E-state index contributed by atoms with van der Waals surface area (Å²) in [6.07, 6.45) is 0. The van der Waals surface area contributed by atoms with Gasteiger partial charge < -0.3 is 9.73 Å². The van der Waals surface area contributed by atoms with E-state index in [-0.39, 0.29) is 22.4 Å². The fourth-order valence-corrected chi connectivity index (χ4v) is 3.13. The molecule has 0 aliphatic carbocycles. The number of aryl methyl sites for hydroxylation is 2. The van der Waals surface area contributed by atoms with E-state index in [1.165, 1.54) is 4.68 Å². The molecular weight excluding hydrogens is 462 g/mol. The lowest BCUT2D eigenvalue weighted by Gasteiger charge is -2.07. The second kappa shape index (κ2) is 8.62. The number of hydrazone groups is 1. The number of nitrogens with zero attached hydrogens (tertiary/aromatic N) is 3. The van der Waals surface area contributed by atoms with Crippen molar-refractivity contribution in [1.29, 1.82) is 0 Å². The van der Waals surface area contributed by atoms with Crippen molar-refractivity contribution in [2.24, 2.45) is 12.1 Å². The van der Waals surface area contributed by atoms with E-state index in [1.54, 1.807) is 51.2 Å². The quantitative estimate of drug-likeness (QED) is 0.425. The molecule has 2 aromatic heterocycles. The molecule has 0 fully saturated rings. The summed E-state index contributed by atoms with van der Waals surface area (Å²) in [5.74, 6) is -0.662. The van der Waals surface area contributed by atoms with E-state index in [0.29, 0.717) is 21.8 Å². The van der Waals surface area contributed by atoms with Crippen LogP contribution in [0, 0.1) is 6.92 Å². The maximum atomic E-state index is 12.4. The summed E-state index contributed by atoms with van der Waals surface area (Å²) in [5.41, 5.74) is 5.09. The van der Waals surface area contributed by atoms with Crippen LogP contribution in [-0.2, 0) is 7.05 Å². The number of carbonyl (C=O) groups is 2. The molecule has 0 radical (unpaired) electrons. The molecular formula is C19H17BrClN5O3. The number of furan rings is 1. The standard InChI is InChI=1S/C19H17BrClN5O3/c1-10(23-24-19(28)17-16(21)11(2)25-26(17)3)12-5-4-6-13(9-12)22-18(27)14-7-8-15(20)29-14/h4-9H,1-3H3,(H,22,27)(H,24,28)/b23-10-. The number of halogens is 2. The maximum Gasteiger partial charge on any atom is 0.291 e. The zero-order chi connectivity index (χ0) is 21.1. The summed E-state index contributed by atoms with van der Waals surface area (Å²) in [6.45, 7) is 3.45. The van der Waals surface area contributed by atoms with E-state index in [9.17, 15) is 9.59 Å². The molecule has 2 amide bonds. The summed E-state index contributed by atoms with van der Waals surface area (Å²) in [7, 11) is 1.63. The molecule has 0 unspecified atom stereocenters. The summed E-state index contributed by atoms with van der Waals surface area (Å²) in [4.78, 5) is 24.6. The molecule has 0 saturated heterocycles. The van der Waals surface area contributed by atoms with Gasteiger partial charge in [0.2, 0.25) is 0 Å². The van der Waals surface area contributed by atoms with Crippen molar-refractivity contribution >= 4 is 50.7 Å². The lowest BCUT2D eigenvalue weighted by molar-refractivity contribution is 0.0944. The Morgan fingerprint density at radius 3 is 2.62 bits per heavy atom. The highest BCUT2D eigenvalue weighted by molar-refractivity contribution is 9.10. The van der Waals surface area contributed by atoms with Gasteiger partial charge in [-0.05, 0) is 59.6 Å². The number of anilines is 1. The van der Waals surface area contributed by atoms with Crippen LogP contribution < -0.4 is 10.7 Å². The fraction of sp³-hybridized carbons (Fsp3) is 0.158. The first-order chi connectivity index (χ1) is 13.8. The SMILES string of the molecule is C/C(=N/NC(=O)c1c(Cl)c(C)nn1C)c1cccc(NC(=O)c2ccc(Br)o2)c1. The highest BCUT2D eigenvalue weighted by Crippen LogP contribution is 2.19. The Balaban J connectivity index is 1.72. The van der Waals surface area contributed by atoms with E-state index >= 15 is 0 Å². The van der Waals surface area contributed by atoms with Gasteiger partial charge in [-0.3, -0.25) is 14.3 Å². The highest BCUT2D eigenvalue weighted by atomic mass is 79.9. The van der Waals surface area contributed by atoms with E-state index in [2.05, 4.69) is 36.9 Å². The van der Waals surface area contributed by atoms with Gasteiger partial charge >= 0.3 is 0 Å². The second-order valence-electron chi connectivity index (χ2n) is 6.15. The second-order valence-corrected chi connectivity index (χ2v) is 7.31. The third-order valence-electron chi connectivity index (χ3n) is 4.02. The first kappa shape index (κ1) is 20.8. The van der Waals surface area contributed by atoms with E-state index in [1.807, 2.05) is 6.07 Å². The Kier molecular flexibility index (Phi) is 6.19. The Hall–Kier alpha value is -2.91. The average Bonchev–Trinajstić information content (AvgIpc) is 3.22. The van der Waals surface area contributed by atoms with Gasteiger partial charge in [0.25, 0.3) is 11.8 Å². The summed E-state index contributed by atoms with van der Waals surface area (Å²) < 4.78 is 7.11. The smallest absolute Gasteiger partial charge is 0.291 e. The third-order valence-corrected chi connectivity index (χ3v) is 4.90. The minimum absolute atomic E-state index is 0.184. The van der Waals surface area contributed by atoms with E-state index < -0.39 is 5.91 Å². The lowest BCUT2D eigenvalue weighted by Crippen LogP contribution is -2.22. The van der Waals surface area contributed by atoms with Gasteiger partial charge in [0.05, 0.1) is 16.4 Å². The number of amides is 2. The van der Waals surface area contributed by atoms with Crippen LogP contribution in [0.2, 0.25) is 5.02 Å². The lowest BCUT2D eigenvalue weighted by atomic mass is 10.1. The van der Waals surface area contributed by atoms with Crippen LogP contribution in [0.15, 0.2) is 50.6 Å². The van der Waals surface area contributed by atoms with Crippen LogP contribution in [0.1, 0.15) is 39.2 Å². The van der Waals surface area contributed by atoms with Gasteiger partial charge in [0.15, 0.2) is 10.4 Å². The predicted octanol–water partition coefficient (Wildman–Crippen LogP) is 4.14. The van der Waals surface area contributed by atoms with Crippen molar-refractivity contribution in [1.82, 2.24) is 15.2 Å². The molecule has 29 heavy (non-hydrogen) atoms. The van der Waals surface area contributed by atoms with E-state index in [0.717, 1.165) is 5.56 Å². The third kappa shape index (κ3) is 4.75. The number of carbonyl (C=O) groups excluding carboxylic acids is 2. The largest absolute Gasteiger partial charge is 0.444 e. The predicted molar refractivity (Wildman–Crippen MR) is 113 cm³/mol. The zero-order valence-corrected chi connectivity index (χ0v) is 18.1. The van der Waals surface area contributed by atoms with Crippen LogP contribution in [0.3, 0.4) is 0 Å². The van der Waals surface area contributed by atoms with Gasteiger partial charge in [-0.25, -0.2) is 5.43 Å². The number of hydrogen-bond donors (Lipinski definition) is 2. The number of benzene rings is 1. The Morgan fingerprint density at radius 2 is 2.00 bits per heavy atom. The Bertz CT molecular complexity index is 1120. The van der Waals surface area contributed by atoms with Crippen molar-refractivity contribution in [2.45, 2.75) is 13.8 Å². The van der Waals surface area contributed by atoms with Gasteiger partial charge in [0.1, 0.15) is 5.69 Å². The first-order valence-electron chi connectivity index (χ1n) is 8.47. The molecule has 8 nitrogen and oxygen atoms in total. The van der Waals surface area contributed by atoms with Crippen LogP contribution in [0.5, 0.6) is 0 Å². The molecule has 3 rings (SSSR count). The van der Waals surface area contributed by atoms with Gasteiger partial charge in [0, 0.05) is 12.7 Å². The average molecular weight is 479 g/mol. The highest BCUT2D eigenvalue weighted by Gasteiger charge is 2.18. The number of nitrogens with one attached hydrogen (secondary N) is 2. The molecule has 0 aliphatic heterocycles. The summed E-state index contributed by atoms with van der Waals surface area (Å²) >= 11 is 9.28. The molecule has 0 spiro atoms. The number of hydrogen-bond acceptors (Lipinski definition) is 5. The molecule has 10 heteroatoms. The molecule has 3 aromatic rings. The normalized spacial score (nSPS) is 11.4. The summed E-state index contributed by atoms with van der Waals surface area (Å²) in [5, 5.41) is 11.3. The molecule has 150 valence electrons. The molecule has 0 bridgehead atoms. The monoisotopic (exact) mass is 477 g/mol. The molecule has 0 atom stereocenters. The Morgan fingerprint density at radius 1 is 1.24 bits per heavy atom. The van der Waals surface area contributed by atoms with Crippen LogP contribution in [0.25, 0.3) is 0 Å². The number of rotatable bonds is 5. The molecule has 0 saturated carbocycles. The van der Waals surface area contributed by atoms with Gasteiger partial charge in [-0.15, -0.1) is 0 Å². The van der Waals surface area contributed by atoms with Crippen LogP contribution in [0.4, 0.5) is 5.69 Å². The van der Waals surface area contributed by atoms with E-state index in [4.69, 9.17) is 16.0 Å². The van der Waals surface area contributed by atoms with Crippen molar-refractivity contribution < 1.29 is 14.0 Å². The van der Waals surface area contributed by atoms with Crippen molar-refractivity contribution in [3.8, 4) is 0 Å². The first-order valence-corrected chi connectivity index (χ1v) is 9.64. The number of aromatic nitrogens is 2. The minimum Gasteiger partial charge on any atom is -0.444 e. The van der Waals surface area contributed by atoms with Crippen LogP contribution >= 0.6 is 27.5 Å². The minimum atomic E-state index is -0.467. The fourth-order valence-electron chi connectivity index (χ4n) is 2.58. The molecule has 0 aliphatic rings. The summed E-state index contributed by atoms with van der Waals surface area (Å²) in [6, 6.07) is 10.3. The molecule has 1 aromatic carbocycles. The Labute approximate surface area is 180 Å². The maximum absolute atomic E-state index is 12.4. The molecule has 2 N–H and O–H groups in total. The zero-order valence-electron chi connectivity index (χ0n) is 15.8. The van der Waals surface area contributed by atoms with Crippen LogP contribution in [-0.4, -0.2) is 27.3 Å². The topological polar surface area (TPSA) is 102 Å². The van der Waals surface area contributed by atoms with Gasteiger partial charge in [-0.1, -0.05) is 23.7 Å².